The molecule has 0 radical (unpaired) electrons. The van der Waals surface area contributed by atoms with Crippen LogP contribution in [-0.2, 0) is 0 Å². The maximum atomic E-state index is 13.1. The molecule has 0 heterocycles. The average molecular weight is 199 g/mol. The molecule has 1 rings (SSSR count). The van der Waals surface area contributed by atoms with Gasteiger partial charge in [-0.25, -0.2) is 22.0 Å². The SMILES string of the molecule is CC1(F)C(N)=C(F)C(F)=C(F)C1F. The van der Waals surface area contributed by atoms with Crippen molar-refractivity contribution in [2.24, 2.45) is 5.73 Å². The summed E-state index contributed by atoms with van der Waals surface area (Å²) in [5.41, 5.74) is 0.445. The molecule has 0 spiro atoms. The number of halogens is 5. The van der Waals surface area contributed by atoms with Crippen LogP contribution >= 0.6 is 0 Å². The van der Waals surface area contributed by atoms with Gasteiger partial charge in [0.05, 0.1) is 5.70 Å². The minimum atomic E-state index is -3.04. The Balaban J connectivity index is 3.32. The van der Waals surface area contributed by atoms with Crippen molar-refractivity contribution in [3.63, 3.8) is 0 Å². The van der Waals surface area contributed by atoms with Gasteiger partial charge in [0, 0.05) is 0 Å². The molecule has 6 heteroatoms. The number of alkyl halides is 2. The zero-order chi connectivity index (χ0) is 10.4. The maximum Gasteiger partial charge on any atom is 0.195 e. The largest absolute Gasteiger partial charge is 0.397 e. The second kappa shape index (κ2) is 2.71. The van der Waals surface area contributed by atoms with E-state index in [1.807, 2.05) is 0 Å². The third-order valence-corrected chi connectivity index (χ3v) is 1.86. The highest BCUT2D eigenvalue weighted by Gasteiger charge is 2.48. The summed E-state index contributed by atoms with van der Waals surface area (Å²) in [7, 11) is 0. The molecule has 0 aromatic carbocycles. The van der Waals surface area contributed by atoms with Crippen LogP contribution in [0.15, 0.2) is 23.2 Å². The number of hydrogen-bond donors (Lipinski definition) is 1. The van der Waals surface area contributed by atoms with Gasteiger partial charge in [-0.15, -0.1) is 0 Å². The van der Waals surface area contributed by atoms with Crippen molar-refractivity contribution in [2.75, 3.05) is 0 Å². The molecule has 2 unspecified atom stereocenters. The van der Waals surface area contributed by atoms with Gasteiger partial charge in [0.15, 0.2) is 29.3 Å². The Bertz CT molecular complexity index is 304. The molecule has 1 nitrogen and oxygen atoms in total. The van der Waals surface area contributed by atoms with Crippen LogP contribution in [0.4, 0.5) is 22.0 Å². The van der Waals surface area contributed by atoms with E-state index in [4.69, 9.17) is 5.73 Å². The molecule has 0 amide bonds. The Labute approximate surface area is 70.7 Å². The van der Waals surface area contributed by atoms with Crippen LogP contribution < -0.4 is 5.73 Å². The molecular formula is C7H6F5N. The van der Waals surface area contributed by atoms with Gasteiger partial charge >= 0.3 is 0 Å². The minimum Gasteiger partial charge on any atom is -0.397 e. The first-order valence-corrected chi connectivity index (χ1v) is 3.34. The fourth-order valence-corrected chi connectivity index (χ4v) is 0.923. The Hall–Kier alpha value is -1.07. The van der Waals surface area contributed by atoms with Crippen LogP contribution in [0.1, 0.15) is 6.92 Å². The van der Waals surface area contributed by atoms with E-state index in [0.29, 0.717) is 6.92 Å². The first-order chi connectivity index (χ1) is 5.80. The van der Waals surface area contributed by atoms with Crippen molar-refractivity contribution >= 4 is 0 Å². The molecule has 0 saturated heterocycles. The highest BCUT2D eigenvalue weighted by Crippen LogP contribution is 2.41. The van der Waals surface area contributed by atoms with Gasteiger partial charge in [0.1, 0.15) is 0 Å². The molecule has 13 heavy (non-hydrogen) atoms. The maximum absolute atomic E-state index is 13.1. The van der Waals surface area contributed by atoms with Crippen molar-refractivity contribution < 1.29 is 22.0 Å². The molecule has 2 atom stereocenters. The predicted octanol–water partition coefficient (Wildman–Crippen LogP) is 2.36. The van der Waals surface area contributed by atoms with E-state index in [2.05, 4.69) is 0 Å². The molecule has 2 N–H and O–H groups in total. The van der Waals surface area contributed by atoms with E-state index >= 15 is 0 Å². The van der Waals surface area contributed by atoms with Crippen molar-refractivity contribution in [1.82, 2.24) is 0 Å². The fraction of sp³-hybridized carbons (Fsp3) is 0.429. The van der Waals surface area contributed by atoms with Crippen molar-refractivity contribution in [1.29, 1.82) is 0 Å². The third kappa shape index (κ3) is 1.20. The van der Waals surface area contributed by atoms with Crippen LogP contribution in [0, 0.1) is 0 Å². The normalized spacial score (nSPS) is 35.7. The first kappa shape index (κ1) is 10.0. The molecule has 0 aromatic rings. The Morgan fingerprint density at radius 2 is 1.69 bits per heavy atom. The second-order valence-corrected chi connectivity index (χ2v) is 2.83. The van der Waals surface area contributed by atoms with Crippen LogP contribution in [0.2, 0.25) is 0 Å². The summed E-state index contributed by atoms with van der Waals surface area (Å²) in [4.78, 5) is 0. The summed E-state index contributed by atoms with van der Waals surface area (Å²) in [6.45, 7) is 0.540. The summed E-state index contributed by atoms with van der Waals surface area (Å²) in [6.07, 6.45) is -2.90. The van der Waals surface area contributed by atoms with E-state index < -0.39 is 35.0 Å². The van der Waals surface area contributed by atoms with Crippen LogP contribution in [0.3, 0.4) is 0 Å². The number of allylic oxidation sites excluding steroid dienone is 4. The van der Waals surface area contributed by atoms with Gasteiger partial charge in [-0.05, 0) is 6.92 Å². The van der Waals surface area contributed by atoms with E-state index in [1.54, 1.807) is 0 Å². The van der Waals surface area contributed by atoms with Crippen molar-refractivity contribution in [3.05, 3.63) is 23.2 Å². The van der Waals surface area contributed by atoms with Gasteiger partial charge < -0.3 is 5.73 Å². The number of rotatable bonds is 0. The van der Waals surface area contributed by atoms with E-state index in [-0.39, 0.29) is 0 Å². The summed E-state index contributed by atoms with van der Waals surface area (Å²) in [5, 5.41) is 0. The Kier molecular flexibility index (Phi) is 2.09. The molecule has 0 fully saturated rings. The van der Waals surface area contributed by atoms with Gasteiger partial charge in [-0.2, -0.15) is 0 Å². The quantitative estimate of drug-likeness (QED) is 0.595. The fourth-order valence-electron chi connectivity index (χ4n) is 0.923. The number of nitrogens with two attached hydrogens (primary N) is 1. The van der Waals surface area contributed by atoms with Gasteiger partial charge in [0.2, 0.25) is 0 Å². The lowest BCUT2D eigenvalue weighted by molar-refractivity contribution is 0.0947. The Morgan fingerprint density at radius 1 is 1.23 bits per heavy atom. The van der Waals surface area contributed by atoms with Crippen molar-refractivity contribution in [3.8, 4) is 0 Å². The minimum absolute atomic E-state index is 0.540. The topological polar surface area (TPSA) is 26.0 Å². The zero-order valence-corrected chi connectivity index (χ0v) is 6.54. The lowest BCUT2D eigenvalue weighted by Gasteiger charge is -2.27. The average Bonchev–Trinajstić information content (AvgIpc) is 2.09. The molecule has 0 saturated carbocycles. The van der Waals surface area contributed by atoms with Crippen LogP contribution in [-0.4, -0.2) is 11.8 Å². The standard InChI is InChI=1S/C7H6F5N/c1-7(12)5(11)3(9)2(8)4(10)6(7)13/h5H,13H2,1H3. The van der Waals surface area contributed by atoms with Crippen LogP contribution in [0.5, 0.6) is 0 Å². The van der Waals surface area contributed by atoms with Crippen LogP contribution in [0.25, 0.3) is 0 Å². The third-order valence-electron chi connectivity index (χ3n) is 1.86. The lowest BCUT2D eigenvalue weighted by atomic mass is 9.92. The molecular weight excluding hydrogens is 193 g/mol. The molecule has 74 valence electrons. The second-order valence-electron chi connectivity index (χ2n) is 2.83. The summed E-state index contributed by atoms with van der Waals surface area (Å²) >= 11 is 0. The highest BCUT2D eigenvalue weighted by atomic mass is 19.2. The molecule has 1 aliphatic carbocycles. The van der Waals surface area contributed by atoms with E-state index in [1.165, 1.54) is 0 Å². The smallest absolute Gasteiger partial charge is 0.195 e. The first-order valence-electron chi connectivity index (χ1n) is 3.34. The highest BCUT2D eigenvalue weighted by molar-refractivity contribution is 5.39. The lowest BCUT2D eigenvalue weighted by Crippen LogP contribution is -2.41. The monoisotopic (exact) mass is 199 g/mol. The van der Waals surface area contributed by atoms with Gasteiger partial charge in [0.25, 0.3) is 0 Å². The molecule has 0 aromatic heterocycles. The summed E-state index contributed by atoms with van der Waals surface area (Å²) in [6, 6.07) is 0. The predicted molar refractivity (Wildman–Crippen MR) is 36.0 cm³/mol. The number of hydrogen-bond acceptors (Lipinski definition) is 1. The van der Waals surface area contributed by atoms with Crippen molar-refractivity contribution in [2.45, 2.75) is 18.8 Å². The Morgan fingerprint density at radius 3 is 2.15 bits per heavy atom. The molecule has 0 aliphatic heterocycles. The molecule has 0 bridgehead atoms. The molecule has 1 aliphatic rings. The van der Waals surface area contributed by atoms with E-state index in [0.717, 1.165) is 0 Å². The zero-order valence-electron chi connectivity index (χ0n) is 6.54. The van der Waals surface area contributed by atoms with E-state index in [9.17, 15) is 22.0 Å². The summed E-state index contributed by atoms with van der Waals surface area (Å²) in [5.74, 6) is -6.05. The van der Waals surface area contributed by atoms with Gasteiger partial charge in [-0.3, -0.25) is 0 Å². The van der Waals surface area contributed by atoms with Gasteiger partial charge in [-0.1, -0.05) is 0 Å². The summed E-state index contributed by atoms with van der Waals surface area (Å²) < 4.78 is 63.2.